The van der Waals surface area contributed by atoms with E-state index in [1.54, 1.807) is 7.11 Å². The number of nitrogens with one attached hydrogen (secondary N) is 2. The number of nitrogens with zero attached hydrogens (tertiary/aromatic N) is 5. The Morgan fingerprint density at radius 2 is 1.71 bits per heavy atom. The van der Waals surface area contributed by atoms with Crippen LogP contribution in [0, 0.1) is 13.8 Å². The van der Waals surface area contributed by atoms with Crippen molar-refractivity contribution < 1.29 is 14.2 Å². The Labute approximate surface area is 222 Å². The van der Waals surface area contributed by atoms with E-state index in [-0.39, 0.29) is 0 Å². The van der Waals surface area contributed by atoms with Crippen molar-refractivity contribution in [1.29, 1.82) is 0 Å². The number of aromatic nitrogens is 4. The van der Waals surface area contributed by atoms with Gasteiger partial charge in [0.1, 0.15) is 12.4 Å². The van der Waals surface area contributed by atoms with Crippen LogP contribution in [-0.2, 0) is 16.0 Å². The summed E-state index contributed by atoms with van der Waals surface area (Å²) in [5.41, 5.74) is 5.03. The minimum Gasteiger partial charge on any atom is -0.491 e. The number of hydrogen-bond donors (Lipinski definition) is 2. The van der Waals surface area contributed by atoms with E-state index >= 15 is 0 Å². The lowest BCUT2D eigenvalue weighted by atomic mass is 10.1. The number of para-hydroxylation sites is 1. The smallest absolute Gasteiger partial charge is 0.229 e. The molecule has 1 aliphatic rings. The quantitative estimate of drug-likeness (QED) is 0.282. The second-order valence-corrected chi connectivity index (χ2v) is 9.34. The maximum Gasteiger partial charge on any atom is 0.229 e. The monoisotopic (exact) mass is 517 g/mol. The Morgan fingerprint density at radius 1 is 0.947 bits per heavy atom. The van der Waals surface area contributed by atoms with E-state index < -0.39 is 0 Å². The summed E-state index contributed by atoms with van der Waals surface area (Å²) < 4.78 is 18.2. The van der Waals surface area contributed by atoms with Crippen LogP contribution < -0.4 is 15.4 Å². The van der Waals surface area contributed by atoms with Crippen molar-refractivity contribution in [2.45, 2.75) is 20.4 Å². The normalized spacial score (nSPS) is 14.1. The molecule has 38 heavy (non-hydrogen) atoms. The molecule has 10 nitrogen and oxygen atoms in total. The third-order valence-electron chi connectivity index (χ3n) is 6.61. The molecule has 1 saturated heterocycles. The summed E-state index contributed by atoms with van der Waals surface area (Å²) in [6.45, 7) is 10.2. The number of methoxy groups -OCH3 is 1. The van der Waals surface area contributed by atoms with Crippen molar-refractivity contribution >= 4 is 34.2 Å². The van der Waals surface area contributed by atoms with Crippen LogP contribution in [0.2, 0.25) is 0 Å². The van der Waals surface area contributed by atoms with E-state index in [0.29, 0.717) is 19.2 Å². The average molecular weight is 518 g/mol. The minimum atomic E-state index is 0.510. The van der Waals surface area contributed by atoms with Gasteiger partial charge >= 0.3 is 0 Å². The molecule has 0 atom stereocenters. The molecule has 200 valence electrons. The molecule has 2 aromatic carbocycles. The van der Waals surface area contributed by atoms with E-state index in [2.05, 4.69) is 52.6 Å². The summed E-state index contributed by atoms with van der Waals surface area (Å²) in [6, 6.07) is 14.0. The fraction of sp³-hybridized carbons (Fsp3) is 0.393. The lowest BCUT2D eigenvalue weighted by molar-refractivity contribution is 0.0361. The van der Waals surface area contributed by atoms with Gasteiger partial charge in [0.2, 0.25) is 5.95 Å². The molecule has 10 heteroatoms. The number of fused-ring (bicyclic) bond motifs is 1. The largest absolute Gasteiger partial charge is 0.491 e. The van der Waals surface area contributed by atoms with Crippen LogP contribution in [0.5, 0.6) is 5.75 Å². The van der Waals surface area contributed by atoms with Crippen LogP contribution in [0.15, 0.2) is 48.7 Å². The van der Waals surface area contributed by atoms with Crippen molar-refractivity contribution in [3.8, 4) is 5.75 Å². The first kappa shape index (κ1) is 25.9. The van der Waals surface area contributed by atoms with Gasteiger partial charge in [-0.3, -0.25) is 4.90 Å². The zero-order chi connectivity index (χ0) is 26.3. The molecule has 0 amide bonds. The topological polar surface area (TPSA) is 98.6 Å². The molecular formula is C28H35N7O3. The maximum absolute atomic E-state index is 5.66. The zero-order valence-electron chi connectivity index (χ0n) is 22.2. The SMILES string of the molecule is COCCOc1ccc(Nc2ncc3c(Nc4c(C)cccc4C)nn(CCN4CCOCC4)c3n2)cc1. The van der Waals surface area contributed by atoms with Gasteiger partial charge in [0, 0.05) is 44.3 Å². The van der Waals surface area contributed by atoms with Gasteiger partial charge in [-0.05, 0) is 49.2 Å². The van der Waals surface area contributed by atoms with Crippen LogP contribution in [-0.4, -0.2) is 77.8 Å². The maximum atomic E-state index is 5.66. The van der Waals surface area contributed by atoms with Gasteiger partial charge < -0.3 is 24.8 Å². The molecule has 0 aliphatic carbocycles. The molecule has 1 fully saturated rings. The summed E-state index contributed by atoms with van der Waals surface area (Å²) in [6.07, 6.45) is 1.83. The highest BCUT2D eigenvalue weighted by atomic mass is 16.5. The Balaban J connectivity index is 1.39. The number of benzene rings is 2. The first-order valence-corrected chi connectivity index (χ1v) is 13.0. The van der Waals surface area contributed by atoms with Crippen LogP contribution in [0.25, 0.3) is 11.0 Å². The third-order valence-corrected chi connectivity index (χ3v) is 6.61. The van der Waals surface area contributed by atoms with Gasteiger partial charge in [0.25, 0.3) is 0 Å². The fourth-order valence-corrected chi connectivity index (χ4v) is 4.46. The highest BCUT2D eigenvalue weighted by Crippen LogP contribution is 2.29. The van der Waals surface area contributed by atoms with Crippen molar-refractivity contribution in [2.75, 3.05) is 63.8 Å². The Morgan fingerprint density at radius 3 is 2.45 bits per heavy atom. The van der Waals surface area contributed by atoms with Crippen LogP contribution in [0.1, 0.15) is 11.1 Å². The minimum absolute atomic E-state index is 0.510. The van der Waals surface area contributed by atoms with E-state index in [1.807, 2.05) is 35.1 Å². The van der Waals surface area contributed by atoms with Crippen molar-refractivity contribution in [2.24, 2.45) is 0 Å². The number of hydrogen-bond acceptors (Lipinski definition) is 9. The number of morpholine rings is 1. The van der Waals surface area contributed by atoms with Crippen LogP contribution in [0.4, 0.5) is 23.1 Å². The molecular weight excluding hydrogens is 482 g/mol. The Hall–Kier alpha value is -3.73. The molecule has 1 aliphatic heterocycles. The van der Waals surface area contributed by atoms with Crippen molar-refractivity contribution in [3.63, 3.8) is 0 Å². The Kier molecular flexibility index (Phi) is 8.32. The van der Waals surface area contributed by atoms with Gasteiger partial charge in [0.15, 0.2) is 11.5 Å². The average Bonchev–Trinajstić information content (AvgIpc) is 3.28. The zero-order valence-corrected chi connectivity index (χ0v) is 22.2. The van der Waals surface area contributed by atoms with Crippen LogP contribution >= 0.6 is 0 Å². The molecule has 0 saturated carbocycles. The van der Waals surface area contributed by atoms with E-state index in [0.717, 1.165) is 84.5 Å². The van der Waals surface area contributed by atoms with Gasteiger partial charge in [-0.2, -0.15) is 10.1 Å². The van der Waals surface area contributed by atoms with E-state index in [4.69, 9.17) is 24.3 Å². The van der Waals surface area contributed by atoms with Crippen molar-refractivity contribution in [1.82, 2.24) is 24.6 Å². The molecule has 2 N–H and O–H groups in total. The number of rotatable bonds is 11. The third kappa shape index (κ3) is 6.21. The van der Waals surface area contributed by atoms with E-state index in [9.17, 15) is 0 Å². The molecule has 2 aromatic heterocycles. The van der Waals surface area contributed by atoms with Gasteiger partial charge in [-0.15, -0.1) is 0 Å². The summed E-state index contributed by atoms with van der Waals surface area (Å²) in [7, 11) is 1.66. The van der Waals surface area contributed by atoms with Gasteiger partial charge in [-0.25, -0.2) is 9.67 Å². The lowest BCUT2D eigenvalue weighted by Crippen LogP contribution is -2.38. The summed E-state index contributed by atoms with van der Waals surface area (Å²) in [4.78, 5) is 11.9. The highest BCUT2D eigenvalue weighted by Gasteiger charge is 2.17. The Bertz CT molecular complexity index is 1330. The van der Waals surface area contributed by atoms with E-state index in [1.165, 1.54) is 0 Å². The summed E-state index contributed by atoms with van der Waals surface area (Å²) >= 11 is 0. The molecule has 0 bridgehead atoms. The standard InChI is InChI=1S/C28H35N7O3/c1-20-5-4-6-21(2)25(20)31-26-24-19-29-28(30-22-7-9-23(10-8-22)38-18-17-36-3)32-27(24)35(33-26)12-11-34-13-15-37-16-14-34/h4-10,19H,11-18H2,1-3H3,(H,31,33)(H,29,30,32). The molecule has 0 radical (unpaired) electrons. The predicted molar refractivity (Wildman–Crippen MR) is 149 cm³/mol. The number of aryl methyl sites for hydroxylation is 2. The first-order chi connectivity index (χ1) is 18.6. The molecule has 5 rings (SSSR count). The second kappa shape index (κ2) is 12.2. The number of ether oxygens (including phenoxy) is 3. The summed E-state index contributed by atoms with van der Waals surface area (Å²) in [5.74, 6) is 2.05. The van der Waals surface area contributed by atoms with Crippen molar-refractivity contribution in [3.05, 3.63) is 59.8 Å². The second-order valence-electron chi connectivity index (χ2n) is 9.34. The molecule has 4 aromatic rings. The first-order valence-electron chi connectivity index (χ1n) is 13.0. The molecule has 0 spiro atoms. The highest BCUT2D eigenvalue weighted by molar-refractivity contribution is 5.90. The molecule has 0 unspecified atom stereocenters. The van der Waals surface area contributed by atoms with Gasteiger partial charge in [0.05, 0.1) is 31.8 Å². The molecule has 3 heterocycles. The van der Waals surface area contributed by atoms with Crippen LogP contribution in [0.3, 0.4) is 0 Å². The lowest BCUT2D eigenvalue weighted by Gasteiger charge is -2.26. The number of anilines is 4. The van der Waals surface area contributed by atoms with Gasteiger partial charge in [-0.1, -0.05) is 18.2 Å². The predicted octanol–water partition coefficient (Wildman–Crippen LogP) is 4.29. The fourth-order valence-electron chi connectivity index (χ4n) is 4.46. The summed E-state index contributed by atoms with van der Waals surface area (Å²) in [5, 5.41) is 12.7.